The van der Waals surface area contributed by atoms with Crippen molar-refractivity contribution in [2.24, 2.45) is 0 Å². The van der Waals surface area contributed by atoms with E-state index in [1.54, 1.807) is 30.3 Å². The fourth-order valence-electron chi connectivity index (χ4n) is 2.27. The SMILES string of the molecule is CCOc1ccc(C=C(C#N)c2ccc([N+](=O)[O-])cc2)cc1OCC. The highest BCUT2D eigenvalue weighted by Gasteiger charge is 2.09. The van der Waals surface area contributed by atoms with Crippen LogP contribution in [0, 0.1) is 21.4 Å². The molecule has 6 heteroatoms. The monoisotopic (exact) mass is 338 g/mol. The largest absolute Gasteiger partial charge is 0.490 e. The van der Waals surface area contributed by atoms with Gasteiger partial charge < -0.3 is 9.47 Å². The average Bonchev–Trinajstić information content (AvgIpc) is 2.62. The fraction of sp³-hybridized carbons (Fsp3) is 0.211. The first-order valence-electron chi connectivity index (χ1n) is 7.85. The van der Waals surface area contributed by atoms with Gasteiger partial charge in [-0.3, -0.25) is 10.1 Å². The van der Waals surface area contributed by atoms with Crippen molar-refractivity contribution in [3.05, 3.63) is 63.7 Å². The van der Waals surface area contributed by atoms with Crippen LogP contribution in [0.5, 0.6) is 11.5 Å². The van der Waals surface area contributed by atoms with E-state index in [-0.39, 0.29) is 5.69 Å². The molecule has 0 bridgehead atoms. The van der Waals surface area contributed by atoms with Crippen molar-refractivity contribution in [1.29, 1.82) is 5.26 Å². The van der Waals surface area contributed by atoms with Gasteiger partial charge in [0.2, 0.25) is 0 Å². The molecule has 0 spiro atoms. The molecule has 0 saturated heterocycles. The van der Waals surface area contributed by atoms with Gasteiger partial charge in [0.15, 0.2) is 11.5 Å². The number of benzene rings is 2. The zero-order valence-corrected chi connectivity index (χ0v) is 14.1. The van der Waals surface area contributed by atoms with Crippen LogP contribution in [0.25, 0.3) is 11.6 Å². The molecule has 0 N–H and O–H groups in total. The quantitative estimate of drug-likeness (QED) is 0.322. The zero-order valence-electron chi connectivity index (χ0n) is 14.1. The Hall–Kier alpha value is -3.33. The predicted octanol–water partition coefficient (Wildman–Crippen LogP) is 4.46. The van der Waals surface area contributed by atoms with Crippen LogP contribution in [0.1, 0.15) is 25.0 Å². The molecule has 0 fully saturated rings. The smallest absolute Gasteiger partial charge is 0.269 e. The van der Waals surface area contributed by atoms with Gasteiger partial charge in [0, 0.05) is 12.1 Å². The normalized spacial score (nSPS) is 10.8. The number of non-ortho nitro benzene ring substituents is 1. The molecule has 25 heavy (non-hydrogen) atoms. The minimum Gasteiger partial charge on any atom is -0.490 e. The Morgan fingerprint density at radius 2 is 1.76 bits per heavy atom. The van der Waals surface area contributed by atoms with Crippen molar-refractivity contribution in [2.75, 3.05) is 13.2 Å². The molecule has 0 saturated carbocycles. The average molecular weight is 338 g/mol. The van der Waals surface area contributed by atoms with Crippen LogP contribution >= 0.6 is 0 Å². The lowest BCUT2D eigenvalue weighted by molar-refractivity contribution is -0.384. The Labute approximate surface area is 146 Å². The van der Waals surface area contributed by atoms with E-state index >= 15 is 0 Å². The number of ether oxygens (including phenoxy) is 2. The van der Waals surface area contributed by atoms with E-state index < -0.39 is 4.92 Å². The lowest BCUT2D eigenvalue weighted by Gasteiger charge is -2.11. The Morgan fingerprint density at radius 3 is 2.32 bits per heavy atom. The first-order chi connectivity index (χ1) is 12.1. The Bertz CT molecular complexity index is 820. The van der Waals surface area contributed by atoms with Crippen molar-refractivity contribution in [2.45, 2.75) is 13.8 Å². The van der Waals surface area contributed by atoms with Gasteiger partial charge in [-0.2, -0.15) is 5.26 Å². The number of nitriles is 1. The molecule has 0 atom stereocenters. The minimum absolute atomic E-state index is 0.0132. The fourth-order valence-corrected chi connectivity index (χ4v) is 2.27. The summed E-state index contributed by atoms with van der Waals surface area (Å²) < 4.78 is 11.1. The summed E-state index contributed by atoms with van der Waals surface area (Å²) in [6.07, 6.45) is 1.71. The van der Waals surface area contributed by atoms with Gasteiger partial charge in [0.25, 0.3) is 5.69 Å². The van der Waals surface area contributed by atoms with Crippen LogP contribution in [0.4, 0.5) is 5.69 Å². The molecule has 0 radical (unpaired) electrons. The highest BCUT2D eigenvalue weighted by Crippen LogP contribution is 2.30. The van der Waals surface area contributed by atoms with Crippen LogP contribution in [0.15, 0.2) is 42.5 Å². The third-order valence-corrected chi connectivity index (χ3v) is 3.39. The Balaban J connectivity index is 2.37. The van der Waals surface area contributed by atoms with Gasteiger partial charge in [-0.1, -0.05) is 6.07 Å². The van der Waals surface area contributed by atoms with Gasteiger partial charge >= 0.3 is 0 Å². The molecule has 0 aromatic heterocycles. The zero-order chi connectivity index (χ0) is 18.2. The van der Waals surface area contributed by atoms with Gasteiger partial charge in [0.05, 0.1) is 29.8 Å². The Kier molecular flexibility index (Phi) is 6.13. The van der Waals surface area contributed by atoms with E-state index in [0.29, 0.717) is 35.8 Å². The summed E-state index contributed by atoms with van der Waals surface area (Å²) in [4.78, 5) is 10.3. The maximum Gasteiger partial charge on any atom is 0.269 e. The number of rotatable bonds is 7. The highest BCUT2D eigenvalue weighted by atomic mass is 16.6. The number of nitro benzene ring substituents is 1. The van der Waals surface area contributed by atoms with E-state index in [2.05, 4.69) is 6.07 Å². The molecule has 2 aromatic rings. The molecule has 2 rings (SSSR count). The lowest BCUT2D eigenvalue weighted by atomic mass is 10.0. The van der Waals surface area contributed by atoms with E-state index in [4.69, 9.17) is 9.47 Å². The molecule has 128 valence electrons. The Morgan fingerprint density at radius 1 is 1.12 bits per heavy atom. The first kappa shape index (κ1) is 18.0. The highest BCUT2D eigenvalue weighted by molar-refractivity contribution is 5.90. The van der Waals surface area contributed by atoms with Gasteiger partial charge in [-0.25, -0.2) is 0 Å². The number of allylic oxidation sites excluding steroid dienone is 1. The predicted molar refractivity (Wildman–Crippen MR) is 95.4 cm³/mol. The second kappa shape index (κ2) is 8.50. The summed E-state index contributed by atoms with van der Waals surface area (Å²) in [5, 5.41) is 20.1. The summed E-state index contributed by atoms with van der Waals surface area (Å²) in [5.74, 6) is 1.26. The topological polar surface area (TPSA) is 85.4 Å². The molecule has 0 unspecified atom stereocenters. The number of hydrogen-bond acceptors (Lipinski definition) is 5. The van der Waals surface area contributed by atoms with Crippen LogP contribution in [0.2, 0.25) is 0 Å². The molecular weight excluding hydrogens is 320 g/mol. The van der Waals surface area contributed by atoms with E-state index in [0.717, 1.165) is 5.56 Å². The molecular formula is C19H18N2O4. The van der Waals surface area contributed by atoms with Crippen LogP contribution in [-0.2, 0) is 0 Å². The standard InChI is InChI=1S/C19H18N2O4/c1-3-24-18-10-5-14(12-19(18)25-4-2)11-16(13-20)15-6-8-17(9-7-15)21(22)23/h5-12H,3-4H2,1-2H3. The van der Waals surface area contributed by atoms with Crippen molar-refractivity contribution in [1.82, 2.24) is 0 Å². The minimum atomic E-state index is -0.472. The van der Waals surface area contributed by atoms with E-state index in [1.165, 1.54) is 12.1 Å². The van der Waals surface area contributed by atoms with Gasteiger partial charge in [-0.15, -0.1) is 0 Å². The third-order valence-electron chi connectivity index (χ3n) is 3.39. The van der Waals surface area contributed by atoms with Crippen LogP contribution < -0.4 is 9.47 Å². The second-order valence-electron chi connectivity index (χ2n) is 5.05. The molecule has 2 aromatic carbocycles. The molecule has 0 heterocycles. The van der Waals surface area contributed by atoms with Gasteiger partial charge in [0.1, 0.15) is 0 Å². The van der Waals surface area contributed by atoms with Crippen molar-refractivity contribution < 1.29 is 14.4 Å². The molecule has 0 aliphatic carbocycles. The third kappa shape index (κ3) is 4.58. The molecule has 0 aliphatic rings. The number of hydrogen-bond donors (Lipinski definition) is 0. The molecule has 0 aliphatic heterocycles. The van der Waals surface area contributed by atoms with E-state index in [1.807, 2.05) is 19.9 Å². The summed E-state index contributed by atoms with van der Waals surface area (Å²) in [7, 11) is 0. The summed E-state index contributed by atoms with van der Waals surface area (Å²) in [5.41, 5.74) is 1.78. The maximum absolute atomic E-state index is 10.7. The molecule has 0 amide bonds. The second-order valence-corrected chi connectivity index (χ2v) is 5.05. The maximum atomic E-state index is 10.7. The lowest BCUT2D eigenvalue weighted by Crippen LogP contribution is -1.98. The van der Waals surface area contributed by atoms with E-state index in [9.17, 15) is 15.4 Å². The molecule has 6 nitrogen and oxygen atoms in total. The van der Waals surface area contributed by atoms with Crippen molar-refractivity contribution in [3.63, 3.8) is 0 Å². The van der Waals surface area contributed by atoms with Crippen LogP contribution in [-0.4, -0.2) is 18.1 Å². The number of nitrogens with zero attached hydrogens (tertiary/aromatic N) is 2. The van der Waals surface area contributed by atoms with Crippen molar-refractivity contribution in [3.8, 4) is 17.6 Å². The number of nitro groups is 1. The van der Waals surface area contributed by atoms with Crippen LogP contribution in [0.3, 0.4) is 0 Å². The first-order valence-corrected chi connectivity index (χ1v) is 7.85. The summed E-state index contributed by atoms with van der Waals surface area (Å²) in [6, 6.07) is 13.4. The van der Waals surface area contributed by atoms with Gasteiger partial charge in [-0.05, 0) is 55.3 Å². The summed E-state index contributed by atoms with van der Waals surface area (Å²) >= 11 is 0. The van der Waals surface area contributed by atoms with Crippen molar-refractivity contribution >= 4 is 17.3 Å². The summed E-state index contributed by atoms with van der Waals surface area (Å²) in [6.45, 7) is 4.81.